The zero-order valence-electron chi connectivity index (χ0n) is 13.7. The lowest BCUT2D eigenvalue weighted by Crippen LogP contribution is -2.15. The van der Waals surface area contributed by atoms with E-state index in [0.717, 1.165) is 22.2 Å². The van der Waals surface area contributed by atoms with Crippen molar-refractivity contribution in [2.45, 2.75) is 13.3 Å². The monoisotopic (exact) mass is 332 g/mol. The molecule has 4 rings (SSSR count). The Kier molecular flexibility index (Phi) is 3.82. The summed E-state index contributed by atoms with van der Waals surface area (Å²) in [5, 5.41) is 7.85. The molecule has 0 fully saturated rings. The summed E-state index contributed by atoms with van der Waals surface area (Å²) in [6.45, 7) is 1.95. The number of anilines is 1. The highest BCUT2D eigenvalue weighted by Crippen LogP contribution is 2.28. The molecule has 0 aliphatic heterocycles. The minimum atomic E-state index is -0.140. The first kappa shape index (κ1) is 15.2. The van der Waals surface area contributed by atoms with Crippen molar-refractivity contribution < 1.29 is 13.7 Å². The van der Waals surface area contributed by atoms with Gasteiger partial charge in [0.15, 0.2) is 5.76 Å². The van der Waals surface area contributed by atoms with Gasteiger partial charge >= 0.3 is 0 Å². The lowest BCUT2D eigenvalue weighted by Gasteiger charge is -2.06. The molecule has 0 aliphatic rings. The number of para-hydroxylation sites is 2. The second kappa shape index (κ2) is 6.28. The number of aryl methyl sites for hydroxylation is 1. The van der Waals surface area contributed by atoms with Gasteiger partial charge in [-0.15, -0.1) is 0 Å². The number of carbonyl (C=O) groups is 1. The van der Waals surface area contributed by atoms with E-state index in [2.05, 4.69) is 10.5 Å². The van der Waals surface area contributed by atoms with E-state index in [4.69, 9.17) is 8.94 Å². The molecule has 124 valence electrons. The van der Waals surface area contributed by atoms with Crippen LogP contribution in [0.25, 0.3) is 22.5 Å². The fraction of sp³-hybridized carbons (Fsp3) is 0.100. The quantitative estimate of drug-likeness (QED) is 0.594. The van der Waals surface area contributed by atoms with E-state index in [1.165, 1.54) is 0 Å². The highest BCUT2D eigenvalue weighted by molar-refractivity contribution is 5.92. The van der Waals surface area contributed by atoms with Crippen molar-refractivity contribution in [3.63, 3.8) is 0 Å². The van der Waals surface area contributed by atoms with Crippen LogP contribution in [0.1, 0.15) is 11.3 Å². The number of nitrogens with zero attached hydrogens (tertiary/aromatic N) is 1. The summed E-state index contributed by atoms with van der Waals surface area (Å²) in [4.78, 5) is 12.2. The summed E-state index contributed by atoms with van der Waals surface area (Å²) in [6, 6.07) is 19.0. The van der Waals surface area contributed by atoms with Crippen molar-refractivity contribution in [1.82, 2.24) is 5.16 Å². The second-order valence-electron chi connectivity index (χ2n) is 5.87. The summed E-state index contributed by atoms with van der Waals surface area (Å²) in [6.07, 6.45) is 0.137. The molecular formula is C20H16N2O3. The number of hydrogen-bond donors (Lipinski definition) is 1. The van der Waals surface area contributed by atoms with Gasteiger partial charge in [-0.25, -0.2) is 0 Å². The third-order valence-corrected chi connectivity index (χ3v) is 3.99. The topological polar surface area (TPSA) is 68.3 Å². The van der Waals surface area contributed by atoms with Crippen LogP contribution in [0.15, 0.2) is 69.6 Å². The summed E-state index contributed by atoms with van der Waals surface area (Å²) >= 11 is 0. The van der Waals surface area contributed by atoms with Gasteiger partial charge in [0.25, 0.3) is 0 Å². The molecule has 2 heterocycles. The van der Waals surface area contributed by atoms with E-state index < -0.39 is 0 Å². The van der Waals surface area contributed by atoms with Crippen LogP contribution >= 0.6 is 0 Å². The van der Waals surface area contributed by atoms with Crippen LogP contribution in [0.4, 0.5) is 5.69 Å². The molecule has 0 atom stereocenters. The predicted molar refractivity (Wildman–Crippen MR) is 95.2 cm³/mol. The van der Waals surface area contributed by atoms with Crippen molar-refractivity contribution in [3.05, 3.63) is 71.9 Å². The van der Waals surface area contributed by atoms with Crippen molar-refractivity contribution in [2.24, 2.45) is 0 Å². The number of rotatable bonds is 4. The van der Waals surface area contributed by atoms with Gasteiger partial charge in [-0.3, -0.25) is 4.79 Å². The Balaban J connectivity index is 1.49. The Bertz CT molecular complexity index is 1010. The molecule has 0 radical (unpaired) electrons. The molecule has 2 aromatic carbocycles. The Morgan fingerprint density at radius 3 is 2.68 bits per heavy atom. The fourth-order valence-electron chi connectivity index (χ4n) is 2.69. The molecule has 5 nitrogen and oxygen atoms in total. The number of nitrogens with one attached hydrogen (secondary N) is 1. The molecule has 25 heavy (non-hydrogen) atoms. The maximum atomic E-state index is 12.2. The van der Waals surface area contributed by atoms with Crippen LogP contribution in [0.3, 0.4) is 0 Å². The molecule has 0 bridgehead atoms. The van der Waals surface area contributed by atoms with E-state index in [9.17, 15) is 4.79 Å². The van der Waals surface area contributed by atoms with Crippen LogP contribution < -0.4 is 5.32 Å². The third kappa shape index (κ3) is 3.17. The van der Waals surface area contributed by atoms with Crippen LogP contribution in [0.5, 0.6) is 0 Å². The smallest absolute Gasteiger partial charge is 0.230 e. The molecule has 5 heteroatoms. The lowest BCUT2D eigenvalue weighted by molar-refractivity contribution is -0.115. The van der Waals surface area contributed by atoms with Crippen molar-refractivity contribution >= 4 is 22.6 Å². The molecule has 0 saturated heterocycles. The average molecular weight is 332 g/mol. The Hall–Kier alpha value is -3.34. The molecule has 4 aromatic rings. The van der Waals surface area contributed by atoms with Gasteiger partial charge in [0.1, 0.15) is 5.58 Å². The fourth-order valence-corrected chi connectivity index (χ4v) is 2.69. The molecule has 0 saturated carbocycles. The lowest BCUT2D eigenvalue weighted by atomic mass is 10.2. The molecular weight excluding hydrogens is 316 g/mol. The Labute approximate surface area is 144 Å². The van der Waals surface area contributed by atoms with Gasteiger partial charge < -0.3 is 14.3 Å². The molecule has 0 unspecified atom stereocenters. The predicted octanol–water partition coefficient (Wildman–Crippen LogP) is 4.58. The van der Waals surface area contributed by atoms with Gasteiger partial charge in [-0.2, -0.15) is 0 Å². The number of aromatic nitrogens is 1. The van der Waals surface area contributed by atoms with Crippen LogP contribution in [-0.2, 0) is 11.2 Å². The molecule has 0 spiro atoms. The minimum Gasteiger partial charge on any atom is -0.453 e. The Morgan fingerprint density at radius 2 is 1.84 bits per heavy atom. The standard InChI is InChI=1S/C20H16N2O3/c1-13-6-2-4-8-16(13)21-20(23)12-15-11-19(25-22-15)18-10-14-7-3-5-9-17(14)24-18/h2-11H,12H2,1H3,(H,21,23). The highest BCUT2D eigenvalue weighted by atomic mass is 16.5. The first-order valence-corrected chi connectivity index (χ1v) is 7.99. The largest absolute Gasteiger partial charge is 0.453 e. The van der Waals surface area contributed by atoms with Gasteiger partial charge in [-0.05, 0) is 30.7 Å². The number of furan rings is 1. The van der Waals surface area contributed by atoms with E-state index in [-0.39, 0.29) is 12.3 Å². The maximum absolute atomic E-state index is 12.2. The minimum absolute atomic E-state index is 0.137. The normalized spacial score (nSPS) is 10.9. The van der Waals surface area contributed by atoms with Crippen LogP contribution in [-0.4, -0.2) is 11.1 Å². The molecule has 1 amide bonds. The summed E-state index contributed by atoms with van der Waals surface area (Å²) in [7, 11) is 0. The van der Waals surface area contributed by atoms with Gasteiger partial charge in [0.05, 0.1) is 12.1 Å². The van der Waals surface area contributed by atoms with E-state index in [1.54, 1.807) is 6.07 Å². The number of fused-ring (bicyclic) bond motifs is 1. The first-order chi connectivity index (χ1) is 12.2. The van der Waals surface area contributed by atoms with Crippen LogP contribution in [0.2, 0.25) is 0 Å². The summed E-state index contributed by atoms with van der Waals surface area (Å²) in [5.41, 5.74) is 3.15. The van der Waals surface area contributed by atoms with Crippen molar-refractivity contribution in [3.8, 4) is 11.5 Å². The van der Waals surface area contributed by atoms with Crippen molar-refractivity contribution in [1.29, 1.82) is 0 Å². The van der Waals surface area contributed by atoms with Crippen LogP contribution in [0, 0.1) is 6.92 Å². The van der Waals surface area contributed by atoms with Gasteiger partial charge in [0.2, 0.25) is 11.7 Å². The molecule has 1 N–H and O–H groups in total. The number of carbonyl (C=O) groups excluding carboxylic acids is 1. The van der Waals surface area contributed by atoms with E-state index >= 15 is 0 Å². The summed E-state index contributed by atoms with van der Waals surface area (Å²) < 4.78 is 11.1. The zero-order valence-corrected chi connectivity index (χ0v) is 13.7. The molecule has 0 aliphatic carbocycles. The average Bonchev–Trinajstić information content (AvgIpc) is 3.23. The summed E-state index contributed by atoms with van der Waals surface area (Å²) in [5.74, 6) is 0.966. The first-order valence-electron chi connectivity index (χ1n) is 7.99. The van der Waals surface area contributed by atoms with Gasteiger partial charge in [0, 0.05) is 17.1 Å². The third-order valence-electron chi connectivity index (χ3n) is 3.99. The van der Waals surface area contributed by atoms with Crippen molar-refractivity contribution in [2.75, 3.05) is 5.32 Å². The number of hydrogen-bond acceptors (Lipinski definition) is 4. The second-order valence-corrected chi connectivity index (χ2v) is 5.87. The zero-order chi connectivity index (χ0) is 17.2. The number of benzene rings is 2. The molecule has 2 aromatic heterocycles. The number of amides is 1. The Morgan fingerprint density at radius 1 is 1.04 bits per heavy atom. The van der Waals surface area contributed by atoms with E-state index in [0.29, 0.717) is 17.2 Å². The van der Waals surface area contributed by atoms with E-state index in [1.807, 2.05) is 61.5 Å². The maximum Gasteiger partial charge on any atom is 0.230 e. The van der Waals surface area contributed by atoms with Gasteiger partial charge in [-0.1, -0.05) is 41.6 Å². The highest BCUT2D eigenvalue weighted by Gasteiger charge is 2.14. The SMILES string of the molecule is Cc1ccccc1NC(=O)Cc1cc(-c2cc3ccccc3o2)on1.